The van der Waals surface area contributed by atoms with E-state index < -0.39 is 12.0 Å². The minimum Gasteiger partial charge on any atom is -0.460 e. The van der Waals surface area contributed by atoms with Gasteiger partial charge in [-0.25, -0.2) is 0 Å². The molecule has 0 bridgehead atoms. The third-order valence-electron chi connectivity index (χ3n) is 5.89. The average molecular weight is 498 g/mol. The summed E-state index contributed by atoms with van der Waals surface area (Å²) < 4.78 is 11.3. The highest BCUT2D eigenvalue weighted by molar-refractivity contribution is 5.85. The molecular formula is C27H39N5O4. The maximum absolute atomic E-state index is 13.2. The lowest BCUT2D eigenvalue weighted by molar-refractivity contribution is -0.146. The largest absolute Gasteiger partial charge is 0.460 e. The van der Waals surface area contributed by atoms with E-state index in [0.29, 0.717) is 19.7 Å². The molecule has 2 aromatic rings. The lowest BCUT2D eigenvalue weighted by Crippen LogP contribution is -2.54. The van der Waals surface area contributed by atoms with Crippen molar-refractivity contribution in [1.82, 2.24) is 26.2 Å². The number of nitrogens with zero attached hydrogens (tertiary/aromatic N) is 1. The van der Waals surface area contributed by atoms with Crippen molar-refractivity contribution in [3.8, 4) is 0 Å². The molecule has 1 heterocycles. The van der Waals surface area contributed by atoms with Gasteiger partial charge in [0.1, 0.15) is 19.2 Å². The number of hydrogen-bond donors (Lipinski definition) is 4. The fourth-order valence-electron chi connectivity index (χ4n) is 3.87. The van der Waals surface area contributed by atoms with Gasteiger partial charge in [0.05, 0.1) is 13.2 Å². The van der Waals surface area contributed by atoms with E-state index in [0.717, 1.165) is 50.4 Å². The molecule has 0 spiro atoms. The first-order valence-corrected chi connectivity index (χ1v) is 12.7. The fourth-order valence-corrected chi connectivity index (χ4v) is 3.87. The molecule has 9 nitrogen and oxygen atoms in total. The number of esters is 1. The molecule has 0 aromatic heterocycles. The molecule has 1 atom stereocenters. The number of benzene rings is 2. The summed E-state index contributed by atoms with van der Waals surface area (Å²) in [6.07, 6.45) is 0. The van der Waals surface area contributed by atoms with Crippen LogP contribution < -0.4 is 21.3 Å². The number of carbonyl (C=O) groups excluding carboxylic acids is 2. The van der Waals surface area contributed by atoms with Gasteiger partial charge in [0.25, 0.3) is 0 Å². The van der Waals surface area contributed by atoms with E-state index in [1.807, 2.05) is 60.7 Å². The predicted molar refractivity (Wildman–Crippen MR) is 139 cm³/mol. The molecule has 1 saturated heterocycles. The number of hydrogen-bond acceptors (Lipinski definition) is 8. The number of nitrogens with one attached hydrogen (secondary N) is 4. The predicted octanol–water partition coefficient (Wildman–Crippen LogP) is 0.516. The molecule has 0 saturated carbocycles. The monoisotopic (exact) mass is 497 g/mol. The maximum Gasteiger partial charge on any atom is 0.325 e. The van der Waals surface area contributed by atoms with Gasteiger partial charge in [0.2, 0.25) is 5.91 Å². The number of carbonyl (C=O) groups is 2. The summed E-state index contributed by atoms with van der Waals surface area (Å²) in [6.45, 7) is 7.04. The van der Waals surface area contributed by atoms with Gasteiger partial charge in [0, 0.05) is 52.4 Å². The summed E-state index contributed by atoms with van der Waals surface area (Å²) >= 11 is 0. The Bertz CT molecular complexity index is 872. The second-order valence-electron chi connectivity index (χ2n) is 8.67. The second-order valence-corrected chi connectivity index (χ2v) is 8.67. The van der Waals surface area contributed by atoms with Gasteiger partial charge in [-0.1, -0.05) is 60.7 Å². The number of ether oxygens (including phenoxy) is 2. The van der Waals surface area contributed by atoms with Gasteiger partial charge >= 0.3 is 5.97 Å². The Morgan fingerprint density at radius 3 is 1.89 bits per heavy atom. The van der Waals surface area contributed by atoms with Crippen LogP contribution in [0.4, 0.5) is 0 Å². The molecule has 3 rings (SSSR count). The molecule has 0 aliphatic carbocycles. The van der Waals surface area contributed by atoms with Gasteiger partial charge in [-0.3, -0.25) is 14.5 Å². The third kappa shape index (κ3) is 10.8. The Hall–Kier alpha value is -2.82. The molecule has 196 valence electrons. The van der Waals surface area contributed by atoms with Crippen LogP contribution in [-0.4, -0.2) is 88.3 Å². The van der Waals surface area contributed by atoms with Crippen LogP contribution in [0.3, 0.4) is 0 Å². The van der Waals surface area contributed by atoms with Gasteiger partial charge in [-0.2, -0.15) is 0 Å². The van der Waals surface area contributed by atoms with Crippen LogP contribution in [-0.2, 0) is 32.3 Å². The molecule has 4 N–H and O–H groups in total. The van der Waals surface area contributed by atoms with Gasteiger partial charge in [-0.15, -0.1) is 0 Å². The van der Waals surface area contributed by atoms with Crippen LogP contribution in [0.25, 0.3) is 0 Å². The summed E-state index contributed by atoms with van der Waals surface area (Å²) in [5.74, 6) is -0.714. The van der Waals surface area contributed by atoms with Crippen molar-refractivity contribution < 1.29 is 19.1 Å². The fraction of sp³-hybridized carbons (Fsp3) is 0.481. The quantitative estimate of drug-likeness (QED) is 0.352. The van der Waals surface area contributed by atoms with Crippen molar-refractivity contribution in [2.24, 2.45) is 0 Å². The van der Waals surface area contributed by atoms with E-state index in [4.69, 9.17) is 9.47 Å². The van der Waals surface area contributed by atoms with E-state index in [-0.39, 0.29) is 25.7 Å². The first kappa shape index (κ1) is 27.8. The molecule has 1 aliphatic rings. The van der Waals surface area contributed by atoms with Crippen molar-refractivity contribution in [1.29, 1.82) is 0 Å². The van der Waals surface area contributed by atoms with Crippen molar-refractivity contribution in [2.75, 3.05) is 65.5 Å². The molecule has 1 unspecified atom stereocenters. The zero-order valence-electron chi connectivity index (χ0n) is 20.9. The summed E-state index contributed by atoms with van der Waals surface area (Å²) in [4.78, 5) is 27.6. The topological polar surface area (TPSA) is 104 Å². The van der Waals surface area contributed by atoms with E-state index in [1.165, 1.54) is 0 Å². The first-order valence-electron chi connectivity index (χ1n) is 12.7. The SMILES string of the molecule is O=C(CNC(=O)C(COCc1ccccc1)N1CCNCCNCCNCC1)OCc1ccccc1. The first-order chi connectivity index (χ1) is 17.7. The summed E-state index contributed by atoms with van der Waals surface area (Å²) in [5, 5.41) is 13.0. The van der Waals surface area contributed by atoms with E-state index >= 15 is 0 Å². The standard InChI is InChI=1S/C27H39N5O4/c33-26(36-21-24-9-5-2-6-10-24)19-31-27(34)25(22-35-20-23-7-3-1-4-8-23)32-17-15-29-13-11-28-12-14-30-16-18-32/h1-10,25,28-30H,11-22H2,(H,31,34). The maximum atomic E-state index is 13.2. The lowest BCUT2D eigenvalue weighted by Gasteiger charge is -2.31. The smallest absolute Gasteiger partial charge is 0.325 e. The Kier molecular flexibility index (Phi) is 12.9. The van der Waals surface area contributed by atoms with E-state index in [9.17, 15) is 9.59 Å². The highest BCUT2D eigenvalue weighted by atomic mass is 16.5. The van der Waals surface area contributed by atoms with Gasteiger partial charge in [0.15, 0.2) is 0 Å². The van der Waals surface area contributed by atoms with Crippen LogP contribution >= 0.6 is 0 Å². The average Bonchev–Trinajstić information content (AvgIpc) is 2.90. The van der Waals surface area contributed by atoms with Crippen molar-refractivity contribution in [3.05, 3.63) is 71.8 Å². The zero-order chi connectivity index (χ0) is 25.3. The van der Waals surface area contributed by atoms with Gasteiger partial charge in [-0.05, 0) is 11.1 Å². The second kappa shape index (κ2) is 16.8. The Balaban J connectivity index is 1.56. The molecule has 1 amide bonds. The number of amides is 1. The van der Waals surface area contributed by atoms with Crippen LogP contribution in [0.5, 0.6) is 0 Å². The molecule has 36 heavy (non-hydrogen) atoms. The van der Waals surface area contributed by atoms with Crippen LogP contribution in [0, 0.1) is 0 Å². The minimum absolute atomic E-state index is 0.178. The Morgan fingerprint density at radius 2 is 1.31 bits per heavy atom. The highest BCUT2D eigenvalue weighted by Crippen LogP contribution is 2.06. The molecule has 1 aliphatic heterocycles. The van der Waals surface area contributed by atoms with E-state index in [1.54, 1.807) is 0 Å². The highest BCUT2D eigenvalue weighted by Gasteiger charge is 2.26. The molecular weight excluding hydrogens is 458 g/mol. The van der Waals surface area contributed by atoms with Crippen LogP contribution in [0.15, 0.2) is 60.7 Å². The summed E-state index contributed by atoms with van der Waals surface area (Å²) in [6, 6.07) is 18.8. The van der Waals surface area contributed by atoms with Gasteiger partial charge < -0.3 is 30.7 Å². The van der Waals surface area contributed by atoms with Crippen LogP contribution in [0.2, 0.25) is 0 Å². The molecule has 9 heteroatoms. The summed E-state index contributed by atoms with van der Waals surface area (Å²) in [5.41, 5.74) is 1.95. The lowest BCUT2D eigenvalue weighted by atomic mass is 10.2. The van der Waals surface area contributed by atoms with E-state index in [2.05, 4.69) is 26.2 Å². The molecule has 2 aromatic carbocycles. The van der Waals surface area contributed by atoms with Crippen molar-refractivity contribution in [3.63, 3.8) is 0 Å². The molecule has 1 fully saturated rings. The Morgan fingerprint density at radius 1 is 0.778 bits per heavy atom. The number of rotatable bonds is 10. The van der Waals surface area contributed by atoms with Crippen molar-refractivity contribution >= 4 is 11.9 Å². The summed E-state index contributed by atoms with van der Waals surface area (Å²) in [7, 11) is 0. The zero-order valence-corrected chi connectivity index (χ0v) is 20.9. The third-order valence-corrected chi connectivity index (χ3v) is 5.89. The normalized spacial score (nSPS) is 16.8. The Labute approximate surface area is 213 Å². The van der Waals surface area contributed by atoms with Crippen LogP contribution in [0.1, 0.15) is 11.1 Å². The molecule has 0 radical (unpaired) electrons. The van der Waals surface area contributed by atoms with Crippen molar-refractivity contribution in [2.45, 2.75) is 19.3 Å². The minimum atomic E-state index is -0.527.